The summed E-state index contributed by atoms with van der Waals surface area (Å²) in [5.74, 6) is -0.0119. The first kappa shape index (κ1) is 24.3. The molecule has 0 aromatic heterocycles. The van der Waals surface area contributed by atoms with Crippen molar-refractivity contribution in [3.8, 4) is 0 Å². The molecule has 0 spiro atoms. The maximum Gasteiger partial charge on any atom is 0.269 e. The molecule has 0 unspecified atom stereocenters. The Morgan fingerprint density at radius 3 is 2.08 bits per heavy atom. The highest BCUT2D eigenvalue weighted by Crippen LogP contribution is 2.50. The largest absolute Gasteiger partial charge is 0.337 e. The third kappa shape index (κ3) is 5.05. The summed E-state index contributed by atoms with van der Waals surface area (Å²) in [5.41, 5.74) is 5.26. The van der Waals surface area contributed by atoms with Gasteiger partial charge in [-0.05, 0) is 52.7 Å². The Hall–Kier alpha value is -4.00. The van der Waals surface area contributed by atoms with Crippen LogP contribution in [0.2, 0.25) is 0 Å². The molecule has 2 aliphatic heterocycles. The number of anilines is 1. The molecule has 2 aliphatic rings. The fourth-order valence-corrected chi connectivity index (χ4v) is 6.69. The number of hydrogen-bond donors (Lipinski definition) is 0. The number of nitrogens with zero attached hydrogens (tertiary/aromatic N) is 3. The number of para-hydroxylation sites is 1. The quantitative estimate of drug-likeness (QED) is 0.193. The lowest BCUT2D eigenvalue weighted by atomic mass is 10.1. The number of amidine groups is 1. The minimum Gasteiger partial charge on any atom is -0.337 e. The van der Waals surface area contributed by atoms with E-state index in [1.54, 1.807) is 16.7 Å². The van der Waals surface area contributed by atoms with Crippen molar-refractivity contribution in [3.05, 3.63) is 136 Å². The number of rotatable bonds is 5. The topological polar surface area (TPSA) is 35.9 Å². The Bertz CT molecular complexity index is 1560. The van der Waals surface area contributed by atoms with E-state index in [2.05, 4.69) is 53.5 Å². The Morgan fingerprint density at radius 1 is 0.737 bits per heavy atom. The first-order valence-electron chi connectivity index (χ1n) is 12.4. The summed E-state index contributed by atoms with van der Waals surface area (Å²) in [7, 11) is 2.02. The van der Waals surface area contributed by atoms with Gasteiger partial charge in [0.25, 0.3) is 5.91 Å². The molecule has 1 amide bonds. The van der Waals surface area contributed by atoms with E-state index in [1.165, 1.54) is 11.8 Å². The average molecular weight is 532 g/mol. The first-order valence-corrected chi connectivity index (χ1v) is 14.0. The van der Waals surface area contributed by atoms with Crippen molar-refractivity contribution in [1.29, 1.82) is 0 Å². The Balaban J connectivity index is 1.31. The normalized spacial score (nSPS) is 18.1. The lowest BCUT2D eigenvalue weighted by molar-refractivity contribution is -0.122. The highest BCUT2D eigenvalue weighted by molar-refractivity contribution is 8.19. The maximum absolute atomic E-state index is 13.8. The molecule has 0 bridgehead atoms. The van der Waals surface area contributed by atoms with Gasteiger partial charge in [-0.15, -0.1) is 0 Å². The zero-order valence-corrected chi connectivity index (χ0v) is 22.5. The third-order valence-corrected chi connectivity index (χ3v) is 8.80. The predicted octanol–water partition coefficient (Wildman–Crippen LogP) is 8.03. The fourth-order valence-electron chi connectivity index (χ4n) is 4.35. The van der Waals surface area contributed by atoms with Crippen molar-refractivity contribution >= 4 is 58.1 Å². The summed E-state index contributed by atoms with van der Waals surface area (Å²) < 4.78 is 0. The van der Waals surface area contributed by atoms with Gasteiger partial charge in [0.2, 0.25) is 0 Å². The van der Waals surface area contributed by atoms with Crippen LogP contribution in [0.5, 0.6) is 0 Å². The summed E-state index contributed by atoms with van der Waals surface area (Å²) in [5, 5.41) is 1.64. The van der Waals surface area contributed by atoms with Gasteiger partial charge in [-0.2, -0.15) is 0 Å². The fraction of sp³-hybridized carbons (Fsp3) is 0.0625. The van der Waals surface area contributed by atoms with Crippen LogP contribution < -0.4 is 4.90 Å². The molecule has 0 saturated carbocycles. The minimum absolute atomic E-state index is 0.0119. The van der Waals surface area contributed by atoms with E-state index in [1.807, 2.05) is 79.8 Å². The second-order valence-electron chi connectivity index (χ2n) is 8.97. The van der Waals surface area contributed by atoms with Crippen LogP contribution >= 0.6 is 23.5 Å². The zero-order valence-electron chi connectivity index (χ0n) is 20.8. The van der Waals surface area contributed by atoms with Crippen LogP contribution in [0.1, 0.15) is 16.7 Å². The van der Waals surface area contributed by atoms with Crippen LogP contribution in [0.3, 0.4) is 0 Å². The second kappa shape index (κ2) is 10.8. The van der Waals surface area contributed by atoms with Crippen molar-refractivity contribution in [2.45, 2.75) is 11.4 Å². The molecule has 0 N–H and O–H groups in total. The zero-order chi connectivity index (χ0) is 25.9. The van der Waals surface area contributed by atoms with Gasteiger partial charge in [0.05, 0.1) is 22.9 Å². The number of thioether (sulfide) groups is 2. The van der Waals surface area contributed by atoms with E-state index in [-0.39, 0.29) is 5.91 Å². The average Bonchev–Trinajstić information content (AvgIpc) is 3.45. The Labute approximate surface area is 231 Å². The van der Waals surface area contributed by atoms with Crippen LogP contribution in [0, 0.1) is 0 Å². The highest BCUT2D eigenvalue weighted by Gasteiger charge is 2.39. The summed E-state index contributed by atoms with van der Waals surface area (Å²) >= 11 is 3.10. The third-order valence-electron chi connectivity index (χ3n) is 6.36. The smallest absolute Gasteiger partial charge is 0.269 e. The number of benzene rings is 4. The van der Waals surface area contributed by atoms with E-state index in [0.29, 0.717) is 16.6 Å². The molecular formula is C32H25N3OS2. The number of carbonyl (C=O) groups is 1. The van der Waals surface area contributed by atoms with E-state index < -0.39 is 0 Å². The summed E-state index contributed by atoms with van der Waals surface area (Å²) in [4.78, 5) is 24.5. The van der Waals surface area contributed by atoms with Crippen molar-refractivity contribution in [1.82, 2.24) is 4.90 Å². The lowest BCUT2D eigenvalue weighted by Crippen LogP contribution is -2.29. The molecule has 186 valence electrons. The van der Waals surface area contributed by atoms with Gasteiger partial charge in [0.15, 0.2) is 5.17 Å². The van der Waals surface area contributed by atoms with Gasteiger partial charge in [-0.3, -0.25) is 9.69 Å². The van der Waals surface area contributed by atoms with Gasteiger partial charge in [0.1, 0.15) is 4.91 Å². The molecule has 6 rings (SSSR count). The molecule has 4 aromatic rings. The van der Waals surface area contributed by atoms with Crippen LogP contribution in [0.15, 0.2) is 129 Å². The molecule has 1 fully saturated rings. The van der Waals surface area contributed by atoms with E-state index >= 15 is 0 Å². The Kier molecular flexibility index (Phi) is 6.90. The molecule has 0 radical (unpaired) electrons. The molecule has 38 heavy (non-hydrogen) atoms. The first-order chi connectivity index (χ1) is 18.7. The predicted molar refractivity (Wildman–Crippen MR) is 161 cm³/mol. The van der Waals surface area contributed by atoms with Gasteiger partial charge in [-0.1, -0.05) is 109 Å². The van der Waals surface area contributed by atoms with E-state index in [0.717, 1.165) is 38.0 Å². The number of aliphatic imine (C=N–C) groups is 1. The lowest BCUT2D eigenvalue weighted by Gasteiger charge is -2.17. The van der Waals surface area contributed by atoms with Crippen molar-refractivity contribution < 1.29 is 4.79 Å². The number of amides is 1. The minimum atomic E-state index is -0.0119. The molecule has 0 aliphatic carbocycles. The molecule has 2 heterocycles. The highest BCUT2D eigenvalue weighted by atomic mass is 32.2. The molecule has 1 saturated heterocycles. The van der Waals surface area contributed by atoms with Crippen LogP contribution in [0.4, 0.5) is 11.4 Å². The van der Waals surface area contributed by atoms with Gasteiger partial charge in [0, 0.05) is 11.9 Å². The molecule has 4 aromatic carbocycles. The summed E-state index contributed by atoms with van der Waals surface area (Å²) in [6.07, 6.45) is 4.19. The van der Waals surface area contributed by atoms with Gasteiger partial charge in [-0.25, -0.2) is 4.99 Å². The SMILES string of the molecule is CN1C(=C2SC(=Nc3ccc(C=Cc4ccccc4)cc3)N(Cc3ccccc3)C2=O)Sc2ccccc21. The molecular weight excluding hydrogens is 507 g/mol. The van der Waals surface area contributed by atoms with Crippen molar-refractivity contribution in [2.24, 2.45) is 4.99 Å². The van der Waals surface area contributed by atoms with Gasteiger partial charge < -0.3 is 4.90 Å². The van der Waals surface area contributed by atoms with Crippen molar-refractivity contribution in [2.75, 3.05) is 11.9 Å². The number of hydrogen-bond acceptors (Lipinski definition) is 5. The van der Waals surface area contributed by atoms with E-state index in [4.69, 9.17) is 4.99 Å². The van der Waals surface area contributed by atoms with Gasteiger partial charge >= 0.3 is 0 Å². The molecule has 0 atom stereocenters. The van der Waals surface area contributed by atoms with Crippen LogP contribution in [-0.4, -0.2) is 23.0 Å². The van der Waals surface area contributed by atoms with E-state index in [9.17, 15) is 4.79 Å². The number of fused-ring (bicyclic) bond motifs is 1. The van der Waals surface area contributed by atoms with Crippen molar-refractivity contribution in [3.63, 3.8) is 0 Å². The second-order valence-corrected chi connectivity index (χ2v) is 11.0. The summed E-state index contributed by atoms with van der Waals surface area (Å²) in [6, 6.07) is 36.7. The monoisotopic (exact) mass is 531 g/mol. The van der Waals surface area contributed by atoms with Crippen LogP contribution in [-0.2, 0) is 11.3 Å². The maximum atomic E-state index is 13.8. The Morgan fingerprint density at radius 2 is 1.37 bits per heavy atom. The van der Waals surface area contributed by atoms with Crippen LogP contribution in [0.25, 0.3) is 12.2 Å². The standard InChI is InChI=1S/C32H25N3OS2/c1-34-27-14-8-9-15-28(27)37-31(34)29-30(36)35(22-25-12-6-3-7-13-25)32(38-29)33-26-20-18-24(19-21-26)17-16-23-10-4-2-5-11-23/h2-21H,22H2,1H3. The molecule has 4 nitrogen and oxygen atoms in total. The summed E-state index contributed by atoms with van der Waals surface area (Å²) in [6.45, 7) is 0.474. The molecule has 6 heteroatoms. The number of carbonyl (C=O) groups excluding carboxylic acids is 1.